The Morgan fingerprint density at radius 1 is 0.840 bits per heavy atom. The van der Waals surface area contributed by atoms with Crippen molar-refractivity contribution in [2.75, 3.05) is 10.0 Å². The van der Waals surface area contributed by atoms with Crippen molar-refractivity contribution in [3.05, 3.63) is 70.6 Å². The van der Waals surface area contributed by atoms with Crippen LogP contribution in [0.25, 0.3) is 0 Å². The molecule has 4 nitrogen and oxygen atoms in total. The molecule has 0 saturated heterocycles. The van der Waals surface area contributed by atoms with Crippen molar-refractivity contribution in [3.63, 3.8) is 0 Å². The molecule has 6 heteroatoms. The Bertz CT molecular complexity index is 991. The lowest BCUT2D eigenvalue weighted by molar-refractivity contribution is 0.603. The third-order valence-corrected chi connectivity index (χ3v) is 6.66. The van der Waals surface area contributed by atoms with E-state index in [9.17, 15) is 8.42 Å². The molecule has 0 aliphatic carbocycles. The second-order valence-corrected chi connectivity index (χ2v) is 9.19. The quantitative estimate of drug-likeness (QED) is 0.646. The fraction of sp³-hybridized carbons (Fsp3) is 0.158. The zero-order valence-corrected chi connectivity index (χ0v) is 16.0. The second-order valence-electron chi connectivity index (χ2n) is 5.99. The molecule has 0 bridgehead atoms. The van der Waals surface area contributed by atoms with Gasteiger partial charge in [-0.3, -0.25) is 4.72 Å². The van der Waals surface area contributed by atoms with E-state index in [1.54, 1.807) is 24.3 Å². The van der Waals surface area contributed by atoms with Crippen LogP contribution in [0.3, 0.4) is 0 Å². The van der Waals surface area contributed by atoms with Crippen LogP contribution in [0.4, 0.5) is 17.1 Å². The molecule has 3 aromatic rings. The Morgan fingerprint density at radius 2 is 1.52 bits per heavy atom. The summed E-state index contributed by atoms with van der Waals surface area (Å²) in [5.74, 6) is 0. The van der Waals surface area contributed by atoms with Crippen molar-refractivity contribution >= 4 is 38.4 Å². The summed E-state index contributed by atoms with van der Waals surface area (Å²) in [5.41, 5.74) is 4.83. The molecule has 130 valence electrons. The van der Waals surface area contributed by atoms with Gasteiger partial charge in [0.25, 0.3) is 10.0 Å². The third-order valence-electron chi connectivity index (χ3n) is 3.79. The second kappa shape index (κ2) is 6.90. The Balaban J connectivity index is 1.75. The van der Waals surface area contributed by atoms with E-state index in [0.29, 0.717) is 9.90 Å². The van der Waals surface area contributed by atoms with E-state index < -0.39 is 10.0 Å². The van der Waals surface area contributed by atoms with Crippen LogP contribution in [0, 0.1) is 20.8 Å². The summed E-state index contributed by atoms with van der Waals surface area (Å²) >= 11 is 1.26. The van der Waals surface area contributed by atoms with Gasteiger partial charge in [-0.05, 0) is 74.4 Å². The van der Waals surface area contributed by atoms with Gasteiger partial charge in [-0.1, -0.05) is 12.1 Å². The molecule has 0 spiro atoms. The fourth-order valence-corrected chi connectivity index (χ4v) is 4.75. The molecule has 0 amide bonds. The number of nitrogens with one attached hydrogen (secondary N) is 2. The minimum absolute atomic E-state index is 0.322. The van der Waals surface area contributed by atoms with Crippen molar-refractivity contribution in [2.24, 2.45) is 0 Å². The molecule has 0 aliphatic heterocycles. The van der Waals surface area contributed by atoms with Crippen molar-refractivity contribution < 1.29 is 8.42 Å². The summed E-state index contributed by atoms with van der Waals surface area (Å²) < 4.78 is 27.6. The highest BCUT2D eigenvalue weighted by Gasteiger charge is 2.16. The largest absolute Gasteiger partial charge is 0.355 e. The highest BCUT2D eigenvalue weighted by Crippen LogP contribution is 2.26. The predicted octanol–water partition coefficient (Wildman–Crippen LogP) is 5.22. The van der Waals surface area contributed by atoms with Crippen LogP contribution >= 0.6 is 11.3 Å². The van der Waals surface area contributed by atoms with Gasteiger partial charge >= 0.3 is 0 Å². The lowest BCUT2D eigenvalue weighted by atomic mass is 10.1. The van der Waals surface area contributed by atoms with E-state index in [1.165, 1.54) is 16.9 Å². The van der Waals surface area contributed by atoms with Gasteiger partial charge in [-0.25, -0.2) is 8.42 Å². The number of benzene rings is 2. The Morgan fingerprint density at radius 3 is 2.16 bits per heavy atom. The SMILES string of the molecule is Cc1ccc(C)c(Nc2ccc(NS(=O)(=O)c3ccc(C)s3)cc2)c1. The summed E-state index contributed by atoms with van der Waals surface area (Å²) in [6, 6.07) is 16.9. The third kappa shape index (κ3) is 4.21. The maximum atomic E-state index is 12.4. The molecule has 0 aliphatic rings. The minimum atomic E-state index is -3.53. The van der Waals surface area contributed by atoms with Crippen LogP contribution in [0.15, 0.2) is 58.8 Å². The van der Waals surface area contributed by atoms with Crippen LogP contribution in [0.1, 0.15) is 16.0 Å². The molecular formula is C19H20N2O2S2. The monoisotopic (exact) mass is 372 g/mol. The molecule has 0 saturated carbocycles. The van der Waals surface area contributed by atoms with Crippen molar-refractivity contribution in [1.29, 1.82) is 0 Å². The number of hydrogen-bond acceptors (Lipinski definition) is 4. The van der Waals surface area contributed by atoms with Crippen LogP contribution in [0.5, 0.6) is 0 Å². The average Bonchev–Trinajstić information content (AvgIpc) is 3.00. The van der Waals surface area contributed by atoms with E-state index in [-0.39, 0.29) is 0 Å². The Kier molecular flexibility index (Phi) is 4.83. The summed E-state index contributed by atoms with van der Waals surface area (Å²) in [4.78, 5) is 0.966. The topological polar surface area (TPSA) is 58.2 Å². The van der Waals surface area contributed by atoms with Gasteiger partial charge in [0.1, 0.15) is 4.21 Å². The van der Waals surface area contributed by atoms with E-state index in [0.717, 1.165) is 21.8 Å². The minimum Gasteiger partial charge on any atom is -0.355 e. The van der Waals surface area contributed by atoms with Gasteiger partial charge in [0, 0.05) is 21.9 Å². The number of aryl methyl sites for hydroxylation is 3. The molecule has 3 rings (SSSR count). The number of rotatable bonds is 5. The van der Waals surface area contributed by atoms with Crippen molar-refractivity contribution in [1.82, 2.24) is 0 Å². The number of hydrogen-bond donors (Lipinski definition) is 2. The maximum Gasteiger partial charge on any atom is 0.271 e. The molecule has 25 heavy (non-hydrogen) atoms. The number of anilines is 3. The standard InChI is InChI=1S/C19H20N2O2S2/c1-13-4-5-14(2)18(12-13)20-16-7-9-17(10-8-16)21-25(22,23)19-11-6-15(3)24-19/h4-12,20-21H,1-3H3. The number of thiophene rings is 1. The first-order valence-corrected chi connectivity index (χ1v) is 10.2. The number of sulfonamides is 1. The van der Waals surface area contributed by atoms with Crippen LogP contribution in [-0.4, -0.2) is 8.42 Å². The summed E-state index contributed by atoms with van der Waals surface area (Å²) in [6.45, 7) is 5.99. The first-order chi connectivity index (χ1) is 11.8. The van der Waals surface area contributed by atoms with Crippen LogP contribution in [0.2, 0.25) is 0 Å². The highest BCUT2D eigenvalue weighted by molar-refractivity contribution is 7.94. The molecule has 0 radical (unpaired) electrons. The van der Waals surface area contributed by atoms with Gasteiger partial charge in [0.2, 0.25) is 0 Å². The summed E-state index contributed by atoms with van der Waals surface area (Å²) in [5, 5.41) is 3.36. The molecule has 1 aromatic heterocycles. The molecule has 0 unspecified atom stereocenters. The van der Waals surface area contributed by atoms with Crippen LogP contribution < -0.4 is 10.0 Å². The van der Waals surface area contributed by atoms with E-state index in [1.807, 2.05) is 26.0 Å². The Hall–Kier alpha value is -2.31. The van der Waals surface area contributed by atoms with Crippen LogP contribution in [-0.2, 0) is 10.0 Å². The molecule has 2 N–H and O–H groups in total. The summed E-state index contributed by atoms with van der Waals surface area (Å²) in [6.07, 6.45) is 0. The molecule has 2 aromatic carbocycles. The van der Waals surface area contributed by atoms with E-state index in [4.69, 9.17) is 0 Å². The van der Waals surface area contributed by atoms with Gasteiger partial charge in [0.15, 0.2) is 0 Å². The summed E-state index contributed by atoms with van der Waals surface area (Å²) in [7, 11) is -3.53. The van der Waals surface area contributed by atoms with E-state index >= 15 is 0 Å². The van der Waals surface area contributed by atoms with Crippen molar-refractivity contribution in [3.8, 4) is 0 Å². The lowest BCUT2D eigenvalue weighted by Crippen LogP contribution is -2.11. The van der Waals surface area contributed by atoms with Crippen molar-refractivity contribution in [2.45, 2.75) is 25.0 Å². The lowest BCUT2D eigenvalue weighted by Gasteiger charge is -2.12. The predicted molar refractivity (Wildman–Crippen MR) is 106 cm³/mol. The highest BCUT2D eigenvalue weighted by atomic mass is 32.2. The zero-order chi connectivity index (χ0) is 18.0. The first kappa shape index (κ1) is 17.5. The molecular weight excluding hydrogens is 352 g/mol. The maximum absolute atomic E-state index is 12.4. The first-order valence-electron chi connectivity index (χ1n) is 7.87. The van der Waals surface area contributed by atoms with Gasteiger partial charge in [0.05, 0.1) is 0 Å². The van der Waals surface area contributed by atoms with E-state index in [2.05, 4.69) is 35.2 Å². The normalized spacial score (nSPS) is 11.3. The average molecular weight is 373 g/mol. The fourth-order valence-electron chi connectivity index (χ4n) is 2.41. The smallest absolute Gasteiger partial charge is 0.271 e. The van der Waals surface area contributed by atoms with Gasteiger partial charge < -0.3 is 5.32 Å². The van der Waals surface area contributed by atoms with Gasteiger partial charge in [-0.2, -0.15) is 0 Å². The molecule has 0 fully saturated rings. The van der Waals surface area contributed by atoms with Gasteiger partial charge in [-0.15, -0.1) is 11.3 Å². The molecule has 1 heterocycles. The molecule has 0 atom stereocenters. The Labute approximate surface area is 152 Å². The zero-order valence-electron chi connectivity index (χ0n) is 14.3.